The molecule has 1 aromatic carbocycles. The lowest BCUT2D eigenvalue weighted by atomic mass is 9.90. The van der Waals surface area contributed by atoms with E-state index >= 15 is 0 Å². The summed E-state index contributed by atoms with van der Waals surface area (Å²) in [5, 5.41) is 0.199. The van der Waals surface area contributed by atoms with Crippen molar-refractivity contribution in [3.8, 4) is 0 Å². The minimum absolute atomic E-state index is 0.147. The highest BCUT2D eigenvalue weighted by Gasteiger charge is 2.40. The molecular weight excluding hydrogens is 344 g/mol. The van der Waals surface area contributed by atoms with Gasteiger partial charge in [-0.1, -0.05) is 30.3 Å². The van der Waals surface area contributed by atoms with Crippen molar-refractivity contribution < 1.29 is 4.79 Å². The number of likely N-dealkylation sites (tertiary alicyclic amines) is 1. The second kappa shape index (κ2) is 6.50. The van der Waals surface area contributed by atoms with E-state index in [1.54, 1.807) is 0 Å². The molecule has 1 aliphatic rings. The predicted octanol–water partition coefficient (Wildman–Crippen LogP) is 1.85. The number of nitrogens with one attached hydrogen (secondary N) is 2. The summed E-state index contributed by atoms with van der Waals surface area (Å²) in [5.74, 6) is -0.147. The number of pyridine rings is 1. The molecule has 1 unspecified atom stereocenters. The quantitative estimate of drug-likeness (QED) is 0.741. The normalized spacial score (nSPS) is 19.5. The average molecular weight is 364 g/mol. The summed E-state index contributed by atoms with van der Waals surface area (Å²) in [5.41, 5.74) is 0.254. The van der Waals surface area contributed by atoms with Gasteiger partial charge in [-0.15, -0.1) is 0 Å². The lowest BCUT2D eigenvalue weighted by Crippen LogP contribution is -2.46. The van der Waals surface area contributed by atoms with E-state index in [0.717, 1.165) is 19.3 Å². The number of benzene rings is 1. The lowest BCUT2D eigenvalue weighted by molar-refractivity contribution is 0.0624. The molecule has 7 nitrogen and oxygen atoms in total. The number of aromatic amines is 2. The van der Waals surface area contributed by atoms with E-state index in [1.807, 2.05) is 23.1 Å². The van der Waals surface area contributed by atoms with Gasteiger partial charge in [0.2, 0.25) is 0 Å². The molecule has 138 valence electrons. The van der Waals surface area contributed by atoms with Crippen molar-refractivity contribution in [3.05, 3.63) is 74.6 Å². The van der Waals surface area contributed by atoms with Gasteiger partial charge in [-0.25, -0.2) is 9.78 Å². The Hall–Kier alpha value is -3.22. The number of H-pyrrole nitrogens is 2. The zero-order chi connectivity index (χ0) is 19.0. The van der Waals surface area contributed by atoms with Crippen LogP contribution in [0.5, 0.6) is 0 Å². The van der Waals surface area contributed by atoms with E-state index in [2.05, 4.69) is 34.0 Å². The Bertz CT molecular complexity index is 1120. The Morgan fingerprint density at radius 2 is 2.00 bits per heavy atom. The number of rotatable bonds is 3. The molecule has 7 heteroatoms. The Balaban J connectivity index is 1.68. The van der Waals surface area contributed by atoms with Crippen LogP contribution in [0.1, 0.15) is 35.7 Å². The molecule has 0 spiro atoms. The molecule has 2 aromatic heterocycles. The van der Waals surface area contributed by atoms with Crippen molar-refractivity contribution >= 4 is 16.9 Å². The van der Waals surface area contributed by atoms with Crippen LogP contribution >= 0.6 is 0 Å². The summed E-state index contributed by atoms with van der Waals surface area (Å²) in [6, 6.07) is 11.6. The van der Waals surface area contributed by atoms with E-state index in [0.29, 0.717) is 12.1 Å². The van der Waals surface area contributed by atoms with Crippen LogP contribution in [0.25, 0.3) is 11.0 Å². The maximum absolute atomic E-state index is 13.2. The molecule has 1 atom stereocenters. The summed E-state index contributed by atoms with van der Waals surface area (Å²) in [6.07, 6.45) is 4.04. The molecule has 3 heterocycles. The van der Waals surface area contributed by atoms with Crippen molar-refractivity contribution in [2.45, 2.75) is 31.7 Å². The van der Waals surface area contributed by atoms with Crippen molar-refractivity contribution in [1.29, 1.82) is 0 Å². The molecule has 0 saturated carbocycles. The number of amides is 1. The SMILES string of the molecule is CC1(Cc2ccccc2)CCCN1C(=O)c1cnc2[nH]c(=O)[nH]c(=O)c2c1. The fourth-order valence-corrected chi connectivity index (χ4v) is 3.91. The number of hydrogen-bond acceptors (Lipinski definition) is 4. The summed E-state index contributed by atoms with van der Waals surface area (Å²) in [6.45, 7) is 2.77. The van der Waals surface area contributed by atoms with Gasteiger partial charge in [0.05, 0.1) is 10.9 Å². The topological polar surface area (TPSA) is 98.9 Å². The van der Waals surface area contributed by atoms with Crippen LogP contribution in [0.2, 0.25) is 0 Å². The van der Waals surface area contributed by atoms with E-state index < -0.39 is 11.2 Å². The highest BCUT2D eigenvalue weighted by Crippen LogP contribution is 2.33. The number of hydrogen-bond donors (Lipinski definition) is 2. The molecule has 3 aromatic rings. The third-order valence-electron chi connectivity index (χ3n) is 5.26. The Morgan fingerprint density at radius 3 is 2.78 bits per heavy atom. The largest absolute Gasteiger partial charge is 0.333 e. The fourth-order valence-electron chi connectivity index (χ4n) is 3.91. The molecular formula is C20H20N4O3. The lowest BCUT2D eigenvalue weighted by Gasteiger charge is -2.35. The van der Waals surface area contributed by atoms with Crippen LogP contribution in [-0.2, 0) is 6.42 Å². The Kier molecular flexibility index (Phi) is 4.14. The van der Waals surface area contributed by atoms with Crippen LogP contribution in [0, 0.1) is 0 Å². The zero-order valence-electron chi connectivity index (χ0n) is 15.0. The number of carbonyl (C=O) groups is 1. The van der Waals surface area contributed by atoms with Gasteiger partial charge in [0, 0.05) is 18.3 Å². The first-order chi connectivity index (χ1) is 13.0. The summed E-state index contributed by atoms with van der Waals surface area (Å²) in [4.78, 5) is 47.2. The van der Waals surface area contributed by atoms with E-state index in [9.17, 15) is 14.4 Å². The van der Waals surface area contributed by atoms with Gasteiger partial charge in [-0.2, -0.15) is 0 Å². The van der Waals surface area contributed by atoms with Crippen LogP contribution in [0.4, 0.5) is 0 Å². The second-order valence-corrected chi connectivity index (χ2v) is 7.25. The molecule has 4 rings (SSSR count). The van der Waals surface area contributed by atoms with Gasteiger partial charge >= 0.3 is 5.69 Å². The van der Waals surface area contributed by atoms with Gasteiger partial charge in [-0.05, 0) is 37.8 Å². The molecule has 1 fully saturated rings. The van der Waals surface area contributed by atoms with E-state index in [4.69, 9.17) is 0 Å². The first-order valence-electron chi connectivity index (χ1n) is 8.94. The minimum atomic E-state index is -0.617. The summed E-state index contributed by atoms with van der Waals surface area (Å²) < 4.78 is 0. The second-order valence-electron chi connectivity index (χ2n) is 7.25. The van der Waals surface area contributed by atoms with Gasteiger partial charge in [-0.3, -0.25) is 19.6 Å². The number of aromatic nitrogens is 3. The number of fused-ring (bicyclic) bond motifs is 1. The highest BCUT2D eigenvalue weighted by molar-refractivity contribution is 5.97. The average Bonchev–Trinajstić information content (AvgIpc) is 3.02. The van der Waals surface area contributed by atoms with Gasteiger partial charge in [0.1, 0.15) is 5.65 Å². The van der Waals surface area contributed by atoms with Crippen LogP contribution in [0.3, 0.4) is 0 Å². The van der Waals surface area contributed by atoms with Gasteiger partial charge in [0.15, 0.2) is 0 Å². The molecule has 0 bridgehead atoms. The first-order valence-corrected chi connectivity index (χ1v) is 8.94. The van der Waals surface area contributed by atoms with Crippen LogP contribution in [0.15, 0.2) is 52.2 Å². The third-order valence-corrected chi connectivity index (χ3v) is 5.26. The molecule has 2 N–H and O–H groups in total. The monoisotopic (exact) mass is 364 g/mol. The summed E-state index contributed by atoms with van der Waals surface area (Å²) >= 11 is 0. The maximum Gasteiger partial charge on any atom is 0.327 e. The molecule has 1 saturated heterocycles. The van der Waals surface area contributed by atoms with E-state index in [1.165, 1.54) is 17.8 Å². The van der Waals surface area contributed by atoms with Crippen molar-refractivity contribution in [2.24, 2.45) is 0 Å². The fraction of sp³-hybridized carbons (Fsp3) is 0.300. The van der Waals surface area contributed by atoms with Crippen molar-refractivity contribution in [1.82, 2.24) is 19.9 Å². The summed E-state index contributed by atoms with van der Waals surface area (Å²) in [7, 11) is 0. The van der Waals surface area contributed by atoms with Gasteiger partial charge in [0.25, 0.3) is 11.5 Å². The molecule has 0 radical (unpaired) electrons. The standard InChI is InChI=1S/C20H20N4O3/c1-20(11-13-6-3-2-4-7-13)8-5-9-24(20)18(26)14-10-15-16(21-12-14)22-19(27)23-17(15)25/h2-4,6-7,10,12H,5,8-9,11H2,1H3,(H2,21,22,23,25,27). The smallest absolute Gasteiger partial charge is 0.327 e. The molecule has 1 amide bonds. The Morgan fingerprint density at radius 1 is 1.22 bits per heavy atom. The highest BCUT2D eigenvalue weighted by atomic mass is 16.2. The van der Waals surface area contributed by atoms with E-state index in [-0.39, 0.29) is 22.5 Å². The van der Waals surface area contributed by atoms with Crippen LogP contribution < -0.4 is 11.2 Å². The van der Waals surface area contributed by atoms with Gasteiger partial charge < -0.3 is 4.90 Å². The Labute approximate surface area is 155 Å². The van der Waals surface area contributed by atoms with Crippen molar-refractivity contribution in [2.75, 3.05) is 6.54 Å². The number of carbonyl (C=O) groups excluding carboxylic acids is 1. The third kappa shape index (κ3) is 3.16. The number of nitrogens with zero attached hydrogens (tertiary/aromatic N) is 2. The van der Waals surface area contributed by atoms with Crippen LogP contribution in [-0.4, -0.2) is 37.8 Å². The first kappa shape index (κ1) is 17.2. The minimum Gasteiger partial charge on any atom is -0.333 e. The predicted molar refractivity (Wildman–Crippen MR) is 102 cm³/mol. The maximum atomic E-state index is 13.2. The zero-order valence-corrected chi connectivity index (χ0v) is 15.0. The molecule has 27 heavy (non-hydrogen) atoms. The molecule has 1 aliphatic heterocycles. The van der Waals surface area contributed by atoms with Crippen molar-refractivity contribution in [3.63, 3.8) is 0 Å². The molecule has 0 aliphatic carbocycles.